The smallest absolute Gasteiger partial charge is 0.235 e. The second-order valence-electron chi connectivity index (χ2n) is 5.04. The molecule has 0 saturated carbocycles. The molecule has 0 radical (unpaired) electrons. The van der Waals surface area contributed by atoms with E-state index in [0.717, 1.165) is 31.1 Å². The largest absolute Gasteiger partial charge is 0.355 e. The number of unbranched alkanes of at least 4 members (excludes halogenated alkanes) is 1. The molecule has 21 heavy (non-hydrogen) atoms. The molecule has 1 aromatic rings. The Morgan fingerprint density at radius 3 is 2.48 bits per heavy atom. The van der Waals surface area contributed by atoms with Gasteiger partial charge < -0.3 is 5.32 Å². The number of amides is 1. The summed E-state index contributed by atoms with van der Waals surface area (Å²) in [5.74, 6) is -0.257. The highest BCUT2D eigenvalue weighted by Crippen LogP contribution is 2.02. The van der Waals surface area contributed by atoms with Crippen LogP contribution in [0.4, 0.5) is 0 Å². The number of benzene rings is 1. The lowest BCUT2D eigenvalue weighted by Crippen LogP contribution is -2.41. The topological polar surface area (TPSA) is 66.5 Å². The Morgan fingerprint density at radius 2 is 1.90 bits per heavy atom. The molecular weight excluding hydrogens is 288 g/mol. The van der Waals surface area contributed by atoms with Crippen LogP contribution in [0.3, 0.4) is 0 Å². The number of nitrogens with zero attached hydrogens (tertiary/aromatic N) is 1. The quantitative estimate of drug-likeness (QED) is 0.749. The number of carbonyl (C=O) groups is 1. The minimum Gasteiger partial charge on any atom is -0.355 e. The Bertz CT molecular complexity index is 529. The van der Waals surface area contributed by atoms with Crippen LogP contribution in [0.15, 0.2) is 30.3 Å². The van der Waals surface area contributed by atoms with Crippen molar-refractivity contribution >= 4 is 15.9 Å². The predicted molar refractivity (Wildman–Crippen MR) is 84.5 cm³/mol. The summed E-state index contributed by atoms with van der Waals surface area (Å²) < 4.78 is 24.5. The van der Waals surface area contributed by atoms with Crippen molar-refractivity contribution < 1.29 is 13.2 Å². The van der Waals surface area contributed by atoms with E-state index in [1.165, 1.54) is 4.31 Å². The van der Waals surface area contributed by atoms with Gasteiger partial charge in [-0.1, -0.05) is 43.7 Å². The second kappa shape index (κ2) is 8.79. The van der Waals surface area contributed by atoms with Crippen LogP contribution in [0.1, 0.15) is 25.3 Å². The Morgan fingerprint density at radius 1 is 1.24 bits per heavy atom. The van der Waals surface area contributed by atoms with Gasteiger partial charge in [-0.05, 0) is 18.4 Å². The van der Waals surface area contributed by atoms with Crippen molar-refractivity contribution in [1.82, 2.24) is 9.62 Å². The Hall–Kier alpha value is -1.40. The number of rotatable bonds is 9. The van der Waals surface area contributed by atoms with Gasteiger partial charge >= 0.3 is 0 Å². The summed E-state index contributed by atoms with van der Waals surface area (Å²) in [6, 6.07) is 9.84. The molecule has 6 heteroatoms. The van der Waals surface area contributed by atoms with Gasteiger partial charge in [0.25, 0.3) is 0 Å². The molecule has 0 fully saturated rings. The highest BCUT2D eigenvalue weighted by Gasteiger charge is 2.19. The summed E-state index contributed by atoms with van der Waals surface area (Å²) in [7, 11) is -3.34. The molecule has 0 unspecified atom stereocenters. The van der Waals surface area contributed by atoms with E-state index in [4.69, 9.17) is 0 Å². The van der Waals surface area contributed by atoms with Crippen LogP contribution in [0.5, 0.6) is 0 Å². The molecule has 1 aromatic carbocycles. The van der Waals surface area contributed by atoms with Crippen molar-refractivity contribution in [3.63, 3.8) is 0 Å². The summed E-state index contributed by atoms with van der Waals surface area (Å²) in [6.07, 6.45) is 3.52. The van der Waals surface area contributed by atoms with E-state index in [1.54, 1.807) is 0 Å². The van der Waals surface area contributed by atoms with Crippen LogP contribution in [-0.4, -0.2) is 44.5 Å². The first-order valence-electron chi connectivity index (χ1n) is 7.19. The van der Waals surface area contributed by atoms with E-state index in [9.17, 15) is 13.2 Å². The van der Waals surface area contributed by atoms with Crippen LogP contribution in [-0.2, 0) is 21.2 Å². The Kier molecular flexibility index (Phi) is 7.39. The molecule has 0 heterocycles. The lowest BCUT2D eigenvalue weighted by Gasteiger charge is -2.19. The van der Waals surface area contributed by atoms with E-state index in [0.29, 0.717) is 13.1 Å². The molecule has 1 N–H and O–H groups in total. The van der Waals surface area contributed by atoms with Gasteiger partial charge in [0.05, 0.1) is 12.8 Å². The fraction of sp³-hybridized carbons (Fsp3) is 0.533. The van der Waals surface area contributed by atoms with Gasteiger partial charge in [-0.2, -0.15) is 4.31 Å². The lowest BCUT2D eigenvalue weighted by molar-refractivity contribution is -0.121. The normalized spacial score (nSPS) is 11.6. The average Bonchev–Trinajstić information content (AvgIpc) is 2.43. The fourth-order valence-electron chi connectivity index (χ4n) is 1.90. The third-order valence-corrected chi connectivity index (χ3v) is 4.38. The van der Waals surface area contributed by atoms with Gasteiger partial charge in [0.15, 0.2) is 0 Å². The lowest BCUT2D eigenvalue weighted by atomic mass is 10.1. The summed E-state index contributed by atoms with van der Waals surface area (Å²) in [5.41, 5.74) is 1.14. The first-order chi connectivity index (χ1) is 9.93. The minimum atomic E-state index is -3.34. The molecule has 0 aliphatic heterocycles. The van der Waals surface area contributed by atoms with Gasteiger partial charge in [0, 0.05) is 13.1 Å². The molecule has 118 valence electrons. The summed E-state index contributed by atoms with van der Waals surface area (Å²) in [4.78, 5) is 11.8. The maximum atomic E-state index is 11.8. The number of nitrogens with one attached hydrogen (secondary N) is 1. The molecule has 0 aromatic heterocycles. The SMILES string of the molecule is CCCCN(CC(=O)NCCc1ccccc1)S(C)(=O)=O. The number of hydrogen-bond acceptors (Lipinski definition) is 3. The molecule has 5 nitrogen and oxygen atoms in total. The second-order valence-corrected chi connectivity index (χ2v) is 7.02. The van der Waals surface area contributed by atoms with Gasteiger partial charge in [-0.3, -0.25) is 4.79 Å². The van der Waals surface area contributed by atoms with Crippen molar-refractivity contribution in [3.05, 3.63) is 35.9 Å². The molecule has 0 aliphatic rings. The van der Waals surface area contributed by atoms with Crippen LogP contribution in [0.25, 0.3) is 0 Å². The monoisotopic (exact) mass is 312 g/mol. The number of hydrogen-bond donors (Lipinski definition) is 1. The van der Waals surface area contributed by atoms with Crippen LogP contribution >= 0.6 is 0 Å². The molecule has 0 bridgehead atoms. The average molecular weight is 312 g/mol. The van der Waals surface area contributed by atoms with Crippen molar-refractivity contribution in [2.45, 2.75) is 26.2 Å². The highest BCUT2D eigenvalue weighted by atomic mass is 32.2. The van der Waals surface area contributed by atoms with Crippen LogP contribution in [0.2, 0.25) is 0 Å². The third kappa shape index (κ3) is 7.24. The fourth-order valence-corrected chi connectivity index (χ4v) is 2.72. The maximum Gasteiger partial charge on any atom is 0.235 e. The number of carbonyl (C=O) groups excluding carboxylic acids is 1. The van der Waals surface area contributed by atoms with E-state index in [2.05, 4.69) is 5.32 Å². The van der Waals surface area contributed by atoms with E-state index in [1.807, 2.05) is 37.3 Å². The Labute approximate surface area is 127 Å². The van der Waals surface area contributed by atoms with Crippen molar-refractivity contribution in [2.24, 2.45) is 0 Å². The maximum absolute atomic E-state index is 11.8. The minimum absolute atomic E-state index is 0.104. The van der Waals surface area contributed by atoms with Gasteiger partial charge in [-0.25, -0.2) is 8.42 Å². The standard InChI is InChI=1S/C15H24N2O3S/c1-3-4-12-17(21(2,19)20)13-15(18)16-11-10-14-8-6-5-7-9-14/h5-9H,3-4,10-13H2,1-2H3,(H,16,18). The first kappa shape index (κ1) is 17.7. The van der Waals surface area contributed by atoms with Crippen LogP contribution < -0.4 is 5.32 Å². The van der Waals surface area contributed by atoms with Crippen LogP contribution in [0, 0.1) is 0 Å². The zero-order valence-corrected chi connectivity index (χ0v) is 13.5. The zero-order valence-electron chi connectivity index (χ0n) is 12.7. The van der Waals surface area contributed by atoms with E-state index in [-0.39, 0.29) is 12.5 Å². The molecule has 0 aliphatic carbocycles. The van der Waals surface area contributed by atoms with Gasteiger partial charge in [-0.15, -0.1) is 0 Å². The van der Waals surface area contributed by atoms with E-state index < -0.39 is 10.0 Å². The summed E-state index contributed by atoms with van der Waals surface area (Å²) in [6.45, 7) is 2.78. The van der Waals surface area contributed by atoms with Crippen molar-refractivity contribution in [2.75, 3.05) is 25.9 Å². The number of sulfonamides is 1. The van der Waals surface area contributed by atoms with Gasteiger partial charge in [0.2, 0.25) is 15.9 Å². The summed E-state index contributed by atoms with van der Waals surface area (Å²) >= 11 is 0. The molecule has 0 spiro atoms. The van der Waals surface area contributed by atoms with E-state index >= 15 is 0 Å². The predicted octanol–water partition coefficient (Wildman–Crippen LogP) is 1.41. The third-order valence-electron chi connectivity index (χ3n) is 3.13. The Balaban J connectivity index is 2.40. The van der Waals surface area contributed by atoms with Crippen molar-refractivity contribution in [1.29, 1.82) is 0 Å². The molecule has 0 saturated heterocycles. The zero-order chi connectivity index (χ0) is 15.7. The molecule has 0 atom stereocenters. The molecule has 1 rings (SSSR count). The van der Waals surface area contributed by atoms with Crippen molar-refractivity contribution in [3.8, 4) is 0 Å². The van der Waals surface area contributed by atoms with Gasteiger partial charge in [0.1, 0.15) is 0 Å². The molecular formula is C15H24N2O3S. The first-order valence-corrected chi connectivity index (χ1v) is 9.04. The molecule has 1 amide bonds. The summed E-state index contributed by atoms with van der Waals surface area (Å²) in [5, 5.41) is 2.77. The highest BCUT2D eigenvalue weighted by molar-refractivity contribution is 7.88.